The molecule has 114 valence electrons. The standard InChI is InChI=1S/C14H22N6O/c1-4-5-6-7-8-12-13(11(2)3)16-18-20(12)14(21)19-10-9-15-17-19/h9-11H,4-8H2,1-3H3. The molecule has 0 aliphatic heterocycles. The van der Waals surface area contributed by atoms with Crippen molar-refractivity contribution in [1.82, 2.24) is 30.0 Å². The summed E-state index contributed by atoms with van der Waals surface area (Å²) in [5.41, 5.74) is 1.78. The highest BCUT2D eigenvalue weighted by Crippen LogP contribution is 2.19. The number of hydrogen-bond donors (Lipinski definition) is 0. The lowest BCUT2D eigenvalue weighted by molar-refractivity contribution is 0.236. The van der Waals surface area contributed by atoms with Gasteiger partial charge in [-0.25, -0.2) is 4.79 Å². The Morgan fingerprint density at radius 1 is 1.24 bits per heavy atom. The third-order valence-corrected chi connectivity index (χ3v) is 3.41. The highest BCUT2D eigenvalue weighted by Gasteiger charge is 2.21. The summed E-state index contributed by atoms with van der Waals surface area (Å²) in [6, 6.07) is -0.336. The van der Waals surface area contributed by atoms with Crippen molar-refractivity contribution < 1.29 is 4.79 Å². The van der Waals surface area contributed by atoms with Gasteiger partial charge in [0.05, 0.1) is 23.8 Å². The van der Waals surface area contributed by atoms with Crippen molar-refractivity contribution in [3.05, 3.63) is 23.8 Å². The molecule has 2 aromatic rings. The topological polar surface area (TPSA) is 78.5 Å². The second-order valence-corrected chi connectivity index (χ2v) is 5.43. The van der Waals surface area contributed by atoms with Crippen LogP contribution in [0.4, 0.5) is 4.79 Å². The molecule has 0 fully saturated rings. The van der Waals surface area contributed by atoms with Gasteiger partial charge in [-0.1, -0.05) is 50.5 Å². The van der Waals surface area contributed by atoms with E-state index in [4.69, 9.17) is 0 Å². The van der Waals surface area contributed by atoms with E-state index in [0.717, 1.165) is 30.7 Å². The SMILES string of the molecule is CCCCCCc1c(C(C)C)nnn1C(=O)n1ccnn1. The fraction of sp³-hybridized carbons (Fsp3) is 0.643. The molecule has 2 heterocycles. The van der Waals surface area contributed by atoms with Crippen LogP contribution in [-0.4, -0.2) is 36.0 Å². The van der Waals surface area contributed by atoms with Gasteiger partial charge in [0, 0.05) is 0 Å². The summed E-state index contributed by atoms with van der Waals surface area (Å²) in [5, 5.41) is 15.6. The molecule has 0 saturated heterocycles. The van der Waals surface area contributed by atoms with Crippen LogP contribution in [0.25, 0.3) is 0 Å². The molecule has 0 unspecified atom stereocenters. The first-order valence-electron chi connectivity index (χ1n) is 7.50. The van der Waals surface area contributed by atoms with Crippen molar-refractivity contribution in [3.63, 3.8) is 0 Å². The van der Waals surface area contributed by atoms with Gasteiger partial charge in [0.2, 0.25) is 0 Å². The monoisotopic (exact) mass is 290 g/mol. The van der Waals surface area contributed by atoms with Gasteiger partial charge in [0.1, 0.15) is 0 Å². The van der Waals surface area contributed by atoms with Gasteiger partial charge in [-0.05, 0) is 18.8 Å². The summed E-state index contributed by atoms with van der Waals surface area (Å²) in [6.45, 7) is 6.30. The Kier molecular flexibility index (Phi) is 5.19. The summed E-state index contributed by atoms with van der Waals surface area (Å²) >= 11 is 0. The minimum absolute atomic E-state index is 0.239. The van der Waals surface area contributed by atoms with E-state index in [1.165, 1.54) is 34.6 Å². The summed E-state index contributed by atoms with van der Waals surface area (Å²) in [6.07, 6.45) is 8.37. The van der Waals surface area contributed by atoms with Crippen LogP contribution in [0.1, 0.15) is 63.8 Å². The van der Waals surface area contributed by atoms with Crippen LogP contribution in [0.5, 0.6) is 0 Å². The first-order chi connectivity index (χ1) is 10.1. The molecule has 0 N–H and O–H groups in total. The number of hydrogen-bond acceptors (Lipinski definition) is 5. The van der Waals surface area contributed by atoms with Crippen LogP contribution in [0, 0.1) is 0 Å². The molecular formula is C14H22N6O. The third kappa shape index (κ3) is 3.53. The van der Waals surface area contributed by atoms with Crippen molar-refractivity contribution in [1.29, 1.82) is 0 Å². The fourth-order valence-electron chi connectivity index (χ4n) is 2.28. The van der Waals surface area contributed by atoms with E-state index in [1.54, 1.807) is 0 Å². The Hall–Kier alpha value is -2.05. The van der Waals surface area contributed by atoms with Gasteiger partial charge < -0.3 is 0 Å². The molecule has 0 spiro atoms. The number of unbranched alkanes of at least 4 members (excludes halogenated alkanes) is 3. The Balaban J connectivity index is 2.22. The van der Waals surface area contributed by atoms with E-state index in [1.807, 2.05) is 0 Å². The Labute approximate surface area is 124 Å². The molecule has 0 atom stereocenters. The van der Waals surface area contributed by atoms with Crippen molar-refractivity contribution in [2.75, 3.05) is 0 Å². The molecule has 0 aromatic carbocycles. The average molecular weight is 290 g/mol. The highest BCUT2D eigenvalue weighted by atomic mass is 16.2. The molecule has 0 bridgehead atoms. The van der Waals surface area contributed by atoms with Crippen molar-refractivity contribution in [2.24, 2.45) is 0 Å². The lowest BCUT2D eigenvalue weighted by Gasteiger charge is -2.08. The first-order valence-corrected chi connectivity index (χ1v) is 7.50. The highest BCUT2D eigenvalue weighted by molar-refractivity contribution is 5.77. The quantitative estimate of drug-likeness (QED) is 0.764. The van der Waals surface area contributed by atoms with Crippen LogP contribution in [-0.2, 0) is 6.42 Å². The van der Waals surface area contributed by atoms with E-state index < -0.39 is 0 Å². The predicted octanol–water partition coefficient (Wildman–Crippen LogP) is 2.63. The minimum Gasteiger partial charge on any atom is -0.243 e. The maximum absolute atomic E-state index is 12.4. The zero-order valence-electron chi connectivity index (χ0n) is 12.9. The number of carbonyl (C=O) groups excluding carboxylic acids is 1. The average Bonchev–Trinajstić information content (AvgIpc) is 3.12. The maximum atomic E-state index is 12.4. The van der Waals surface area contributed by atoms with Gasteiger partial charge >= 0.3 is 6.03 Å². The predicted molar refractivity (Wildman–Crippen MR) is 78.2 cm³/mol. The third-order valence-electron chi connectivity index (χ3n) is 3.41. The Morgan fingerprint density at radius 2 is 2.05 bits per heavy atom. The van der Waals surface area contributed by atoms with E-state index in [-0.39, 0.29) is 11.9 Å². The summed E-state index contributed by atoms with van der Waals surface area (Å²) < 4.78 is 2.53. The van der Waals surface area contributed by atoms with E-state index in [2.05, 4.69) is 41.4 Å². The molecular weight excluding hydrogens is 268 g/mol. The number of aromatic nitrogens is 6. The molecule has 0 aliphatic carbocycles. The van der Waals surface area contributed by atoms with Gasteiger partial charge in [-0.2, -0.15) is 9.36 Å². The molecule has 7 nitrogen and oxygen atoms in total. The van der Waals surface area contributed by atoms with E-state index in [0.29, 0.717) is 0 Å². The zero-order chi connectivity index (χ0) is 15.2. The van der Waals surface area contributed by atoms with E-state index in [9.17, 15) is 4.79 Å². The van der Waals surface area contributed by atoms with Gasteiger partial charge in [0.25, 0.3) is 0 Å². The molecule has 0 amide bonds. The van der Waals surface area contributed by atoms with Crippen molar-refractivity contribution >= 4 is 6.03 Å². The van der Waals surface area contributed by atoms with E-state index >= 15 is 0 Å². The Bertz CT molecular complexity index is 572. The second kappa shape index (κ2) is 7.10. The van der Waals surface area contributed by atoms with Crippen LogP contribution in [0.15, 0.2) is 12.4 Å². The number of carbonyl (C=O) groups is 1. The van der Waals surface area contributed by atoms with Gasteiger partial charge in [-0.3, -0.25) is 0 Å². The normalized spacial score (nSPS) is 11.2. The minimum atomic E-state index is -0.336. The molecule has 2 rings (SSSR count). The molecule has 0 aliphatic rings. The summed E-state index contributed by atoms with van der Waals surface area (Å²) in [4.78, 5) is 12.4. The van der Waals surface area contributed by atoms with Crippen LogP contribution >= 0.6 is 0 Å². The zero-order valence-corrected chi connectivity index (χ0v) is 12.9. The summed E-state index contributed by atoms with van der Waals surface area (Å²) in [5.74, 6) is 0.239. The number of nitrogens with zero attached hydrogens (tertiary/aromatic N) is 6. The molecule has 21 heavy (non-hydrogen) atoms. The van der Waals surface area contributed by atoms with Crippen LogP contribution < -0.4 is 0 Å². The lowest BCUT2D eigenvalue weighted by atomic mass is 10.0. The fourth-order valence-corrected chi connectivity index (χ4v) is 2.28. The smallest absolute Gasteiger partial charge is 0.243 e. The van der Waals surface area contributed by atoms with Crippen LogP contribution in [0.3, 0.4) is 0 Å². The largest absolute Gasteiger partial charge is 0.372 e. The lowest BCUT2D eigenvalue weighted by Crippen LogP contribution is -2.23. The molecule has 0 saturated carbocycles. The summed E-state index contributed by atoms with van der Waals surface area (Å²) in [7, 11) is 0. The Morgan fingerprint density at radius 3 is 2.67 bits per heavy atom. The maximum Gasteiger partial charge on any atom is 0.372 e. The number of rotatable bonds is 6. The second-order valence-electron chi connectivity index (χ2n) is 5.43. The van der Waals surface area contributed by atoms with Gasteiger partial charge in [-0.15, -0.1) is 10.2 Å². The van der Waals surface area contributed by atoms with Crippen molar-refractivity contribution in [2.45, 2.75) is 58.8 Å². The molecule has 2 aromatic heterocycles. The first kappa shape index (κ1) is 15.3. The molecule has 7 heteroatoms. The van der Waals surface area contributed by atoms with Crippen molar-refractivity contribution in [3.8, 4) is 0 Å². The van der Waals surface area contributed by atoms with Gasteiger partial charge in [0.15, 0.2) is 0 Å². The molecule has 0 radical (unpaired) electrons. The van der Waals surface area contributed by atoms with Crippen LogP contribution in [0.2, 0.25) is 0 Å².